The van der Waals surface area contributed by atoms with E-state index in [4.69, 9.17) is 21.4 Å². The van der Waals surface area contributed by atoms with Gasteiger partial charge in [-0.2, -0.15) is 0 Å². The Bertz CT molecular complexity index is 452. The first-order valence-electron chi connectivity index (χ1n) is 6.46. The van der Waals surface area contributed by atoms with Gasteiger partial charge >= 0.3 is 0 Å². The molecule has 0 saturated heterocycles. The summed E-state index contributed by atoms with van der Waals surface area (Å²) in [6, 6.07) is 5.21. The standard InChI is InChI=1S/C14H21ClN2O3/c1-10(2)17(6-7-18)9-14(19)16-12-8-11(15)4-5-13(12)20-3/h4-5,8,10,18H,6-7,9H2,1-3H3,(H,16,19). The van der Waals surface area contributed by atoms with Crippen LogP contribution in [0.15, 0.2) is 18.2 Å². The topological polar surface area (TPSA) is 61.8 Å². The fraction of sp³-hybridized carbons (Fsp3) is 0.500. The molecule has 5 nitrogen and oxygen atoms in total. The number of amides is 1. The molecule has 0 fully saturated rings. The van der Waals surface area contributed by atoms with Gasteiger partial charge in [-0.05, 0) is 32.0 Å². The number of ether oxygens (including phenoxy) is 1. The van der Waals surface area contributed by atoms with Crippen LogP contribution in [0.1, 0.15) is 13.8 Å². The second-order valence-electron chi connectivity index (χ2n) is 4.68. The van der Waals surface area contributed by atoms with Gasteiger partial charge in [-0.15, -0.1) is 0 Å². The summed E-state index contributed by atoms with van der Waals surface area (Å²) in [5, 5.41) is 12.3. The van der Waals surface area contributed by atoms with Crippen LogP contribution in [0.4, 0.5) is 5.69 Å². The van der Waals surface area contributed by atoms with E-state index < -0.39 is 0 Å². The largest absolute Gasteiger partial charge is 0.495 e. The number of rotatable bonds is 7. The molecule has 1 amide bonds. The normalized spacial score (nSPS) is 10.9. The SMILES string of the molecule is COc1ccc(Cl)cc1NC(=O)CN(CCO)C(C)C. The maximum Gasteiger partial charge on any atom is 0.238 e. The third-order valence-corrected chi connectivity index (χ3v) is 3.13. The van der Waals surface area contributed by atoms with Crippen molar-refractivity contribution in [3.8, 4) is 5.75 Å². The Morgan fingerprint density at radius 2 is 2.20 bits per heavy atom. The molecule has 0 atom stereocenters. The van der Waals surface area contributed by atoms with Gasteiger partial charge in [0.2, 0.25) is 5.91 Å². The number of anilines is 1. The molecule has 0 aliphatic rings. The average molecular weight is 301 g/mol. The van der Waals surface area contributed by atoms with E-state index in [0.29, 0.717) is 23.0 Å². The Labute approximate surface area is 124 Å². The molecule has 1 aromatic rings. The van der Waals surface area contributed by atoms with E-state index in [1.807, 2.05) is 18.7 Å². The third-order valence-electron chi connectivity index (χ3n) is 2.90. The average Bonchev–Trinajstić information content (AvgIpc) is 2.38. The molecule has 0 aromatic heterocycles. The number of aliphatic hydroxyl groups is 1. The molecule has 0 spiro atoms. The number of carbonyl (C=O) groups excluding carboxylic acids is 1. The lowest BCUT2D eigenvalue weighted by molar-refractivity contribution is -0.117. The summed E-state index contributed by atoms with van der Waals surface area (Å²) >= 11 is 5.91. The second-order valence-corrected chi connectivity index (χ2v) is 5.12. The predicted molar refractivity (Wildman–Crippen MR) is 80.4 cm³/mol. The maximum absolute atomic E-state index is 12.0. The molecule has 0 radical (unpaired) electrons. The minimum Gasteiger partial charge on any atom is -0.495 e. The van der Waals surface area contributed by atoms with Gasteiger partial charge in [-0.1, -0.05) is 11.6 Å². The Balaban J connectivity index is 2.72. The minimum absolute atomic E-state index is 0.0198. The first-order valence-corrected chi connectivity index (χ1v) is 6.84. The summed E-state index contributed by atoms with van der Waals surface area (Å²) < 4.78 is 5.17. The number of aliphatic hydroxyl groups excluding tert-OH is 1. The molecule has 0 bridgehead atoms. The summed E-state index contributed by atoms with van der Waals surface area (Å²) in [6.07, 6.45) is 0. The Hall–Kier alpha value is -1.30. The molecule has 20 heavy (non-hydrogen) atoms. The zero-order valence-corrected chi connectivity index (χ0v) is 12.8. The molecule has 1 rings (SSSR count). The van der Waals surface area contributed by atoms with E-state index in [0.717, 1.165) is 0 Å². The first kappa shape index (κ1) is 16.8. The number of nitrogens with one attached hydrogen (secondary N) is 1. The number of carbonyl (C=O) groups is 1. The number of hydrogen-bond donors (Lipinski definition) is 2. The summed E-state index contributed by atoms with van der Waals surface area (Å²) in [5.41, 5.74) is 0.540. The Kier molecular flexibility index (Phi) is 6.78. The number of methoxy groups -OCH3 is 1. The van der Waals surface area contributed by atoms with Crippen LogP contribution in [0.5, 0.6) is 5.75 Å². The zero-order valence-electron chi connectivity index (χ0n) is 12.0. The molecule has 0 unspecified atom stereocenters. The summed E-state index contributed by atoms with van der Waals surface area (Å²) in [7, 11) is 1.53. The minimum atomic E-state index is -0.173. The van der Waals surface area contributed by atoms with Gasteiger partial charge < -0.3 is 15.2 Å². The van der Waals surface area contributed by atoms with Crippen molar-refractivity contribution < 1.29 is 14.6 Å². The van der Waals surface area contributed by atoms with Crippen LogP contribution < -0.4 is 10.1 Å². The van der Waals surface area contributed by atoms with Crippen LogP contribution in [0.3, 0.4) is 0 Å². The van der Waals surface area contributed by atoms with E-state index in [-0.39, 0.29) is 25.1 Å². The fourth-order valence-electron chi connectivity index (χ4n) is 1.80. The Morgan fingerprint density at radius 3 is 2.75 bits per heavy atom. The van der Waals surface area contributed by atoms with Gasteiger partial charge in [0, 0.05) is 17.6 Å². The van der Waals surface area contributed by atoms with Crippen molar-refractivity contribution in [3.63, 3.8) is 0 Å². The molecule has 0 aliphatic heterocycles. The number of benzene rings is 1. The quantitative estimate of drug-likeness (QED) is 0.808. The van der Waals surface area contributed by atoms with Gasteiger partial charge in [-0.25, -0.2) is 0 Å². The highest BCUT2D eigenvalue weighted by Crippen LogP contribution is 2.27. The Morgan fingerprint density at radius 1 is 1.50 bits per heavy atom. The maximum atomic E-state index is 12.0. The highest BCUT2D eigenvalue weighted by atomic mass is 35.5. The van der Waals surface area contributed by atoms with Crippen molar-refractivity contribution in [3.05, 3.63) is 23.2 Å². The third kappa shape index (κ3) is 5.00. The van der Waals surface area contributed by atoms with E-state index in [9.17, 15) is 4.79 Å². The zero-order chi connectivity index (χ0) is 15.1. The van der Waals surface area contributed by atoms with Crippen molar-refractivity contribution in [2.24, 2.45) is 0 Å². The number of hydrogen-bond acceptors (Lipinski definition) is 4. The number of halogens is 1. The van der Waals surface area contributed by atoms with Crippen molar-refractivity contribution in [1.29, 1.82) is 0 Å². The molecule has 2 N–H and O–H groups in total. The lowest BCUT2D eigenvalue weighted by Gasteiger charge is -2.24. The van der Waals surface area contributed by atoms with E-state index in [1.54, 1.807) is 18.2 Å². The van der Waals surface area contributed by atoms with Gasteiger partial charge in [0.15, 0.2) is 0 Å². The van der Waals surface area contributed by atoms with Crippen molar-refractivity contribution in [1.82, 2.24) is 4.90 Å². The van der Waals surface area contributed by atoms with Crippen LogP contribution in [-0.2, 0) is 4.79 Å². The highest BCUT2D eigenvalue weighted by Gasteiger charge is 2.15. The van der Waals surface area contributed by atoms with Gasteiger partial charge in [-0.3, -0.25) is 9.69 Å². The fourth-order valence-corrected chi connectivity index (χ4v) is 1.97. The van der Waals surface area contributed by atoms with Crippen molar-refractivity contribution in [2.75, 3.05) is 32.1 Å². The molecule has 6 heteroatoms. The summed E-state index contributed by atoms with van der Waals surface area (Å²) in [6.45, 7) is 4.63. The lowest BCUT2D eigenvalue weighted by atomic mass is 10.2. The van der Waals surface area contributed by atoms with Crippen LogP contribution >= 0.6 is 11.6 Å². The molecular formula is C14H21ClN2O3. The molecule has 0 aliphatic carbocycles. The van der Waals surface area contributed by atoms with Gasteiger partial charge in [0.05, 0.1) is 25.9 Å². The molecule has 0 saturated carbocycles. The monoisotopic (exact) mass is 300 g/mol. The molecule has 0 heterocycles. The van der Waals surface area contributed by atoms with Crippen LogP contribution in [0.2, 0.25) is 5.02 Å². The molecular weight excluding hydrogens is 280 g/mol. The lowest BCUT2D eigenvalue weighted by Crippen LogP contribution is -2.39. The van der Waals surface area contributed by atoms with Crippen LogP contribution in [0, 0.1) is 0 Å². The van der Waals surface area contributed by atoms with Gasteiger partial charge in [0.25, 0.3) is 0 Å². The number of nitrogens with zero attached hydrogens (tertiary/aromatic N) is 1. The van der Waals surface area contributed by atoms with E-state index in [1.165, 1.54) is 7.11 Å². The smallest absolute Gasteiger partial charge is 0.238 e. The molecule has 112 valence electrons. The van der Waals surface area contributed by atoms with E-state index in [2.05, 4.69) is 5.32 Å². The highest BCUT2D eigenvalue weighted by molar-refractivity contribution is 6.31. The summed E-state index contributed by atoms with van der Waals surface area (Å²) in [4.78, 5) is 13.9. The van der Waals surface area contributed by atoms with Crippen LogP contribution in [-0.4, -0.2) is 48.8 Å². The summed E-state index contributed by atoms with van der Waals surface area (Å²) in [5.74, 6) is 0.383. The van der Waals surface area contributed by atoms with E-state index >= 15 is 0 Å². The van der Waals surface area contributed by atoms with Crippen LogP contribution in [0.25, 0.3) is 0 Å². The van der Waals surface area contributed by atoms with Crippen molar-refractivity contribution in [2.45, 2.75) is 19.9 Å². The first-order chi connectivity index (χ1) is 9.47. The predicted octanol–water partition coefficient (Wildman–Crippen LogP) is 1.99. The second kappa shape index (κ2) is 8.09. The van der Waals surface area contributed by atoms with Crippen molar-refractivity contribution >= 4 is 23.2 Å². The molecule has 1 aromatic carbocycles. The van der Waals surface area contributed by atoms with Gasteiger partial charge in [0.1, 0.15) is 5.75 Å².